The highest BCUT2D eigenvalue weighted by atomic mass is 19.4. The Morgan fingerprint density at radius 1 is 1.07 bits per heavy atom. The molecule has 0 bridgehead atoms. The molecule has 2 aromatic rings. The Kier molecular flexibility index (Phi) is 6.87. The molecule has 0 spiro atoms. The molecule has 1 fully saturated rings. The van der Waals surface area contributed by atoms with Crippen LogP contribution in [0.1, 0.15) is 11.1 Å². The molecule has 8 heteroatoms. The molecular formula is C22H26F3N3O2. The molecule has 0 radical (unpaired) electrons. The molecule has 0 unspecified atom stereocenters. The van der Waals surface area contributed by atoms with Crippen molar-refractivity contribution < 1.29 is 22.7 Å². The van der Waals surface area contributed by atoms with Gasteiger partial charge in [0.25, 0.3) is 0 Å². The third-order valence-corrected chi connectivity index (χ3v) is 5.30. The number of carbonyl (C=O) groups is 1. The maximum absolute atomic E-state index is 12.9. The number of hydrogen-bond donors (Lipinski definition) is 0. The lowest BCUT2D eigenvalue weighted by atomic mass is 10.1. The zero-order chi connectivity index (χ0) is 21.7. The van der Waals surface area contributed by atoms with Gasteiger partial charge in [0.15, 0.2) is 0 Å². The van der Waals surface area contributed by atoms with Gasteiger partial charge < -0.3 is 14.5 Å². The number of anilines is 1. The van der Waals surface area contributed by atoms with E-state index in [4.69, 9.17) is 4.74 Å². The van der Waals surface area contributed by atoms with Crippen molar-refractivity contribution in [2.45, 2.75) is 12.7 Å². The molecule has 0 saturated carbocycles. The van der Waals surface area contributed by atoms with E-state index in [1.165, 1.54) is 12.1 Å². The molecule has 5 nitrogen and oxygen atoms in total. The number of piperazine rings is 1. The van der Waals surface area contributed by atoms with Gasteiger partial charge in [-0.2, -0.15) is 13.2 Å². The molecule has 0 atom stereocenters. The predicted molar refractivity (Wildman–Crippen MR) is 110 cm³/mol. The number of amides is 1. The highest BCUT2D eigenvalue weighted by Crippen LogP contribution is 2.31. The van der Waals surface area contributed by atoms with Crippen molar-refractivity contribution in [2.24, 2.45) is 0 Å². The zero-order valence-electron chi connectivity index (χ0n) is 17.2. The molecule has 0 aromatic heterocycles. The second kappa shape index (κ2) is 9.38. The first-order valence-corrected chi connectivity index (χ1v) is 9.78. The van der Waals surface area contributed by atoms with Gasteiger partial charge in [0.05, 0.1) is 19.2 Å². The molecule has 1 saturated heterocycles. The Balaban J connectivity index is 1.52. The first-order chi connectivity index (χ1) is 14.3. The van der Waals surface area contributed by atoms with Crippen LogP contribution in [0.2, 0.25) is 0 Å². The fourth-order valence-electron chi connectivity index (χ4n) is 3.53. The Bertz CT molecular complexity index is 865. The number of benzene rings is 2. The second-order valence-electron chi connectivity index (χ2n) is 7.37. The Labute approximate surface area is 174 Å². The number of likely N-dealkylation sites (N-methyl/N-ethyl adjacent to an activating group) is 1. The van der Waals surface area contributed by atoms with E-state index in [9.17, 15) is 18.0 Å². The van der Waals surface area contributed by atoms with Gasteiger partial charge in [0, 0.05) is 51.0 Å². The molecule has 2 aromatic carbocycles. The van der Waals surface area contributed by atoms with Gasteiger partial charge in [0.2, 0.25) is 5.91 Å². The Morgan fingerprint density at radius 3 is 2.43 bits per heavy atom. The number of hydrogen-bond acceptors (Lipinski definition) is 4. The number of alkyl halides is 3. The van der Waals surface area contributed by atoms with Crippen LogP contribution < -0.4 is 9.64 Å². The van der Waals surface area contributed by atoms with E-state index < -0.39 is 11.7 Å². The van der Waals surface area contributed by atoms with Gasteiger partial charge in [-0.1, -0.05) is 24.3 Å². The van der Waals surface area contributed by atoms with Crippen LogP contribution in [0.25, 0.3) is 0 Å². The highest BCUT2D eigenvalue weighted by Gasteiger charge is 2.31. The predicted octanol–water partition coefficient (Wildman–Crippen LogP) is 3.49. The van der Waals surface area contributed by atoms with Crippen molar-refractivity contribution >= 4 is 11.6 Å². The quantitative estimate of drug-likeness (QED) is 0.716. The molecule has 0 N–H and O–H groups in total. The number of halogens is 3. The van der Waals surface area contributed by atoms with Crippen LogP contribution in [0.3, 0.4) is 0 Å². The van der Waals surface area contributed by atoms with Crippen LogP contribution in [0.15, 0.2) is 48.5 Å². The summed E-state index contributed by atoms with van der Waals surface area (Å²) in [7, 11) is 3.36. The number of methoxy groups -OCH3 is 1. The largest absolute Gasteiger partial charge is 0.496 e. The molecule has 1 aliphatic rings. The molecule has 0 aliphatic carbocycles. The van der Waals surface area contributed by atoms with Crippen LogP contribution in [0.4, 0.5) is 18.9 Å². The third-order valence-electron chi connectivity index (χ3n) is 5.30. The van der Waals surface area contributed by atoms with Gasteiger partial charge in [-0.3, -0.25) is 9.69 Å². The zero-order valence-corrected chi connectivity index (χ0v) is 17.2. The van der Waals surface area contributed by atoms with Crippen LogP contribution in [0.5, 0.6) is 5.75 Å². The number of ether oxygens (including phenoxy) is 1. The minimum Gasteiger partial charge on any atom is -0.496 e. The van der Waals surface area contributed by atoms with E-state index in [0.29, 0.717) is 38.4 Å². The standard InChI is InChI=1S/C22H26F3N3O2/c1-26(15-17-6-3-4-9-20(17)30-2)21(29)16-27-10-12-28(13-11-27)19-8-5-7-18(14-19)22(23,24)25/h3-9,14H,10-13,15-16H2,1-2H3. The molecule has 162 valence electrons. The average Bonchev–Trinajstić information content (AvgIpc) is 2.74. The van der Waals surface area contributed by atoms with E-state index in [2.05, 4.69) is 0 Å². The van der Waals surface area contributed by atoms with Crippen LogP contribution in [-0.2, 0) is 17.5 Å². The fraction of sp³-hybridized carbons (Fsp3) is 0.409. The van der Waals surface area contributed by atoms with Crippen molar-refractivity contribution in [3.63, 3.8) is 0 Å². The summed E-state index contributed by atoms with van der Waals surface area (Å²) < 4.78 is 44.2. The van der Waals surface area contributed by atoms with E-state index in [0.717, 1.165) is 17.4 Å². The molecule has 1 heterocycles. The SMILES string of the molecule is COc1ccccc1CN(C)C(=O)CN1CCN(c2cccc(C(F)(F)F)c2)CC1. The lowest BCUT2D eigenvalue weighted by Crippen LogP contribution is -2.49. The van der Waals surface area contributed by atoms with E-state index in [-0.39, 0.29) is 12.5 Å². The van der Waals surface area contributed by atoms with E-state index in [1.54, 1.807) is 25.1 Å². The van der Waals surface area contributed by atoms with Gasteiger partial charge in [-0.25, -0.2) is 0 Å². The first kappa shape index (κ1) is 22.0. The Morgan fingerprint density at radius 2 is 1.77 bits per heavy atom. The summed E-state index contributed by atoms with van der Waals surface area (Å²) in [5.41, 5.74) is 0.852. The molecule has 30 heavy (non-hydrogen) atoms. The van der Waals surface area contributed by atoms with Crippen molar-refractivity contribution in [2.75, 3.05) is 51.8 Å². The summed E-state index contributed by atoms with van der Waals surface area (Å²) >= 11 is 0. The minimum atomic E-state index is -4.35. The average molecular weight is 421 g/mol. The lowest BCUT2D eigenvalue weighted by molar-refractivity contribution is -0.137. The summed E-state index contributed by atoms with van der Waals surface area (Å²) in [5, 5.41) is 0. The fourth-order valence-corrected chi connectivity index (χ4v) is 3.53. The van der Waals surface area contributed by atoms with Gasteiger partial charge in [0.1, 0.15) is 5.75 Å². The summed E-state index contributed by atoms with van der Waals surface area (Å²) in [6.45, 7) is 3.11. The second-order valence-corrected chi connectivity index (χ2v) is 7.37. The number of carbonyl (C=O) groups excluding carboxylic acids is 1. The summed E-state index contributed by atoms with van der Waals surface area (Å²) in [6, 6.07) is 13.0. The number of nitrogens with zero attached hydrogens (tertiary/aromatic N) is 3. The molecular weight excluding hydrogens is 395 g/mol. The summed E-state index contributed by atoms with van der Waals surface area (Å²) in [5.74, 6) is 0.736. The smallest absolute Gasteiger partial charge is 0.416 e. The maximum atomic E-state index is 12.9. The Hall–Kier alpha value is -2.74. The monoisotopic (exact) mass is 421 g/mol. The van der Waals surface area contributed by atoms with Crippen molar-refractivity contribution in [1.82, 2.24) is 9.80 Å². The molecule has 1 aliphatic heterocycles. The van der Waals surface area contributed by atoms with Crippen molar-refractivity contribution in [3.05, 3.63) is 59.7 Å². The topological polar surface area (TPSA) is 36.0 Å². The van der Waals surface area contributed by atoms with Gasteiger partial charge in [-0.05, 0) is 24.3 Å². The number of rotatable bonds is 6. The van der Waals surface area contributed by atoms with Gasteiger partial charge >= 0.3 is 6.18 Å². The lowest BCUT2D eigenvalue weighted by Gasteiger charge is -2.36. The summed E-state index contributed by atoms with van der Waals surface area (Å²) in [4.78, 5) is 18.2. The normalized spacial score (nSPS) is 15.2. The van der Waals surface area contributed by atoms with Crippen LogP contribution in [0, 0.1) is 0 Å². The number of para-hydroxylation sites is 1. The molecule has 3 rings (SSSR count). The third kappa shape index (κ3) is 5.44. The molecule has 1 amide bonds. The maximum Gasteiger partial charge on any atom is 0.416 e. The summed E-state index contributed by atoms with van der Waals surface area (Å²) in [6.07, 6.45) is -4.35. The van der Waals surface area contributed by atoms with Crippen LogP contribution >= 0.6 is 0 Å². The van der Waals surface area contributed by atoms with Gasteiger partial charge in [-0.15, -0.1) is 0 Å². The van der Waals surface area contributed by atoms with E-state index in [1.807, 2.05) is 34.1 Å². The van der Waals surface area contributed by atoms with Crippen molar-refractivity contribution in [1.29, 1.82) is 0 Å². The first-order valence-electron chi connectivity index (χ1n) is 9.78. The van der Waals surface area contributed by atoms with Crippen molar-refractivity contribution in [3.8, 4) is 5.75 Å². The highest BCUT2D eigenvalue weighted by molar-refractivity contribution is 5.78. The van der Waals surface area contributed by atoms with E-state index >= 15 is 0 Å². The minimum absolute atomic E-state index is 0.00609. The van der Waals surface area contributed by atoms with Crippen LogP contribution in [-0.4, -0.2) is 62.6 Å².